The zero-order valence-corrected chi connectivity index (χ0v) is 78.3. The molecule has 2 fully saturated rings. The molecule has 0 saturated heterocycles. The number of sulfonamides is 1. The molecule has 686 valence electrons. The molecule has 2 aliphatic carbocycles. The highest BCUT2D eigenvalue weighted by Crippen LogP contribution is 2.39. The van der Waals surface area contributed by atoms with Crippen molar-refractivity contribution in [3.05, 3.63) is 354 Å². The van der Waals surface area contributed by atoms with E-state index < -0.39 is 28.1 Å². The molecule has 12 aromatic heterocycles. The first-order chi connectivity index (χ1) is 64.7. The molecule has 2 aliphatic rings. The number of rotatable bonds is 18. The molecule has 37 heteroatoms. The van der Waals surface area contributed by atoms with Crippen molar-refractivity contribution < 1.29 is 32.7 Å². The standard InChI is InChI=1S/C26H22ClN5O2.C25H20ClN5O3.C24H25ClN6O4S.C23H22ClN5O2/c1-15-8-4-5-11-20(15)32-21(14-18-9-6-10-19(27)23(18)26(32)34)16(2)29-25(33)22-17(3)30-31-13-7-12-28-24(22)31;1-14(28-24(33)21-15(2)29-30-12-4-11-27-23(21)30)20-13-16-5-3-6-19(26)22(16)25(34)31(20)17-7-9-18(32)10-8-17;1-13(27-23(32)20-14(2)28-30-9-5-8-26-22(20)30)19-10-15-6-4-7-18(25)21(15)24(33)31(19)17-11-16(12-17)29-36(3,34)35;1-13(26-22(30)19-14(2)27-28-11-5-10-25-21(19)28)18-12-15-6-3-9-17(24)20(15)23(31)29(18)16-7-4-8-16/h4-14,16H,1-3H3,(H,29,33);3-14,32H,1-2H3,(H,28,33);4-10,13,16-17,29H,11-12H2,1-3H3,(H,27,32);3,5-6,9-13,16H,4,7-8H2,1-2H3,(H,26,30)/t16-;14-;13-,16?,17?;13-/m0000/s1. The molecule has 0 unspecified atom stereocenters. The third-order valence-corrected chi connectivity index (χ3v) is 26.3. The molecular formula is C98H89Cl4N21O11S. The lowest BCUT2D eigenvalue weighted by atomic mass is 9.86. The van der Waals surface area contributed by atoms with E-state index in [1.54, 1.807) is 203 Å². The topological polar surface area (TPSA) is 392 Å². The van der Waals surface area contributed by atoms with Crippen molar-refractivity contribution in [2.45, 2.75) is 137 Å². The van der Waals surface area contributed by atoms with Crippen LogP contribution in [-0.2, 0) is 10.0 Å². The lowest BCUT2D eigenvalue weighted by Crippen LogP contribution is -2.47. The first kappa shape index (κ1) is 92.2. The van der Waals surface area contributed by atoms with E-state index in [4.69, 9.17) is 46.4 Å². The van der Waals surface area contributed by atoms with Crippen molar-refractivity contribution in [1.29, 1.82) is 0 Å². The molecule has 135 heavy (non-hydrogen) atoms. The van der Waals surface area contributed by atoms with Gasteiger partial charge in [0.2, 0.25) is 10.0 Å². The molecule has 6 N–H and O–H groups in total. The van der Waals surface area contributed by atoms with Crippen molar-refractivity contribution in [2.75, 3.05) is 6.26 Å². The van der Waals surface area contributed by atoms with Crippen molar-refractivity contribution in [2.24, 2.45) is 0 Å². The maximum atomic E-state index is 13.7. The van der Waals surface area contributed by atoms with Crippen LogP contribution in [-0.4, -0.2) is 126 Å². The summed E-state index contributed by atoms with van der Waals surface area (Å²) in [5.74, 6) is -1.21. The highest BCUT2D eigenvalue weighted by Gasteiger charge is 2.37. The van der Waals surface area contributed by atoms with Crippen LogP contribution in [0.4, 0.5) is 0 Å². The summed E-state index contributed by atoms with van der Waals surface area (Å²) >= 11 is 25.5. The first-order valence-electron chi connectivity index (χ1n) is 43.3. The number of aryl methyl sites for hydroxylation is 5. The predicted molar refractivity (Wildman–Crippen MR) is 519 cm³/mol. The fourth-order valence-corrected chi connectivity index (χ4v) is 19.5. The molecular weight excluding hydrogens is 1820 g/mol. The number of nitrogens with zero attached hydrogens (tertiary/aromatic N) is 16. The van der Waals surface area contributed by atoms with Gasteiger partial charge in [0.25, 0.3) is 45.9 Å². The number of aromatic nitrogens is 16. The van der Waals surface area contributed by atoms with Crippen LogP contribution in [0.2, 0.25) is 20.1 Å². The number of phenolic OH excluding ortho intramolecular Hbond substituents is 1. The molecule has 2 saturated carbocycles. The number of fused-ring (bicyclic) bond motifs is 8. The second-order valence-corrected chi connectivity index (χ2v) is 36.9. The molecule has 4 atom stereocenters. The van der Waals surface area contributed by atoms with Gasteiger partial charge in [-0.05, 0) is 225 Å². The maximum absolute atomic E-state index is 13.7. The molecule has 12 heterocycles. The van der Waals surface area contributed by atoms with Crippen LogP contribution in [0.25, 0.3) is 77.1 Å². The first-order valence-corrected chi connectivity index (χ1v) is 46.7. The van der Waals surface area contributed by atoms with Gasteiger partial charge in [0, 0.05) is 96.2 Å². The number of pyridine rings is 4. The van der Waals surface area contributed by atoms with Gasteiger partial charge in [-0.15, -0.1) is 0 Å². The maximum Gasteiger partial charge on any atom is 0.264 e. The van der Waals surface area contributed by atoms with E-state index in [0.29, 0.717) is 161 Å². The van der Waals surface area contributed by atoms with Crippen LogP contribution in [0.15, 0.2) is 239 Å². The Balaban J connectivity index is 0.000000125. The average molecular weight is 1910 g/mol. The highest BCUT2D eigenvalue weighted by molar-refractivity contribution is 7.88. The smallest absolute Gasteiger partial charge is 0.264 e. The predicted octanol–water partition coefficient (Wildman–Crippen LogP) is 16.0. The van der Waals surface area contributed by atoms with Crippen LogP contribution in [0.1, 0.15) is 189 Å². The monoisotopic (exact) mass is 1910 g/mol. The molecule has 0 spiro atoms. The van der Waals surface area contributed by atoms with Crippen LogP contribution in [0.3, 0.4) is 0 Å². The van der Waals surface area contributed by atoms with Crippen molar-refractivity contribution >= 4 is 146 Å². The van der Waals surface area contributed by atoms with E-state index in [0.717, 1.165) is 47.8 Å². The summed E-state index contributed by atoms with van der Waals surface area (Å²) in [6, 6.07) is 47.4. The second-order valence-electron chi connectivity index (χ2n) is 33.5. The molecule has 18 aromatic rings. The van der Waals surface area contributed by atoms with Crippen molar-refractivity contribution in [3.63, 3.8) is 0 Å². The van der Waals surface area contributed by atoms with Gasteiger partial charge in [-0.25, -0.2) is 51.1 Å². The van der Waals surface area contributed by atoms with Crippen LogP contribution in [0.5, 0.6) is 5.75 Å². The highest BCUT2D eigenvalue weighted by atomic mass is 35.5. The normalized spacial score (nSPS) is 14.7. The number of amides is 4. The quantitative estimate of drug-likeness (QED) is 0.0465. The Labute approximate surface area is 790 Å². The van der Waals surface area contributed by atoms with E-state index in [1.807, 2.05) is 98.1 Å². The Morgan fingerprint density at radius 2 is 0.719 bits per heavy atom. The third kappa shape index (κ3) is 18.1. The number of benzene rings is 6. The summed E-state index contributed by atoms with van der Waals surface area (Å²) in [5, 5.41) is 45.3. The van der Waals surface area contributed by atoms with Gasteiger partial charge in [-0.1, -0.05) is 113 Å². The number of nitrogens with one attached hydrogen (secondary N) is 5. The second kappa shape index (κ2) is 37.8. The number of para-hydroxylation sites is 1. The van der Waals surface area contributed by atoms with Crippen LogP contribution < -0.4 is 48.2 Å². The minimum Gasteiger partial charge on any atom is -0.508 e. The zero-order valence-electron chi connectivity index (χ0n) is 74.5. The number of carbonyl (C=O) groups excluding carboxylic acids is 4. The average Bonchev–Trinajstić information content (AvgIpc) is 0.906. The Hall–Kier alpha value is -14.6. The van der Waals surface area contributed by atoms with Crippen LogP contribution in [0, 0.1) is 34.6 Å². The van der Waals surface area contributed by atoms with Crippen LogP contribution >= 0.6 is 46.4 Å². The van der Waals surface area contributed by atoms with E-state index >= 15 is 0 Å². The summed E-state index contributed by atoms with van der Waals surface area (Å²) in [7, 11) is -3.36. The van der Waals surface area contributed by atoms with Gasteiger partial charge in [-0.2, -0.15) is 20.4 Å². The van der Waals surface area contributed by atoms with E-state index in [-0.39, 0.29) is 75.8 Å². The lowest BCUT2D eigenvalue weighted by molar-refractivity contribution is 0.0929. The van der Waals surface area contributed by atoms with E-state index in [2.05, 4.69) is 66.3 Å². The Morgan fingerprint density at radius 3 is 1.06 bits per heavy atom. The number of hydrogen-bond acceptors (Lipinski definition) is 19. The Kier molecular flexibility index (Phi) is 25.8. The number of phenols is 1. The fourth-order valence-electron chi connectivity index (χ4n) is 17.6. The SMILES string of the molecule is Cc1ccccc1-n1c([C@H](C)NC(=O)c2c(C)nn3cccnc23)cc2cccc(Cl)c2c1=O.Cc1nn2cccnc2c1C(=O)N[C@@H](C)c1cc2cccc(Cl)c2c(=O)n1-c1ccc(O)cc1.Cc1nn2cccnc2c1C(=O)N[C@@H](C)c1cc2cccc(Cl)c2c(=O)n1C1CC(NS(C)(=O)=O)C1.Cc1nn2cccnc2c1C(=O)N[C@@H](C)c1cc2cccc(Cl)c2c(=O)n1C1CCC1. The van der Waals surface area contributed by atoms with Crippen molar-refractivity contribution in [1.82, 2.24) is 103 Å². The van der Waals surface area contributed by atoms with Gasteiger partial charge in [-0.3, -0.25) is 47.5 Å². The van der Waals surface area contributed by atoms with Crippen molar-refractivity contribution in [3.8, 4) is 17.1 Å². The number of hydrogen-bond donors (Lipinski definition) is 6. The third-order valence-electron chi connectivity index (χ3n) is 24.3. The zero-order chi connectivity index (χ0) is 95.4. The summed E-state index contributed by atoms with van der Waals surface area (Å²) in [5.41, 5.74) is 9.57. The van der Waals surface area contributed by atoms with E-state index in [9.17, 15) is 51.9 Å². The van der Waals surface area contributed by atoms with Gasteiger partial charge >= 0.3 is 0 Å². The fraction of sp³-hybridized carbons (Fsp3) is 0.224. The number of aromatic hydroxyl groups is 1. The number of halogens is 4. The summed E-state index contributed by atoms with van der Waals surface area (Å²) in [6.45, 7) is 16.3. The summed E-state index contributed by atoms with van der Waals surface area (Å²) < 4.78 is 38.7. The molecule has 0 radical (unpaired) electrons. The Morgan fingerprint density at radius 1 is 0.400 bits per heavy atom. The van der Waals surface area contributed by atoms with Gasteiger partial charge in [0.05, 0.1) is 101 Å². The molecule has 0 aliphatic heterocycles. The minimum absolute atomic E-state index is 0.0783. The van der Waals surface area contributed by atoms with Gasteiger partial charge in [0.15, 0.2) is 22.6 Å². The molecule has 32 nitrogen and oxygen atoms in total. The van der Waals surface area contributed by atoms with Gasteiger partial charge < -0.3 is 35.5 Å². The Bertz CT molecular complexity index is 8220. The molecule has 0 bridgehead atoms. The molecule has 20 rings (SSSR count). The van der Waals surface area contributed by atoms with Gasteiger partial charge in [0.1, 0.15) is 28.0 Å². The van der Waals surface area contributed by atoms with E-state index in [1.165, 1.54) is 16.7 Å². The molecule has 4 amide bonds. The minimum atomic E-state index is -3.36. The lowest BCUT2D eigenvalue weighted by Gasteiger charge is -2.38. The summed E-state index contributed by atoms with van der Waals surface area (Å²) in [6.07, 6.45) is 18.4. The summed E-state index contributed by atoms with van der Waals surface area (Å²) in [4.78, 5) is 125. The number of carbonyl (C=O) groups is 4. The largest absolute Gasteiger partial charge is 0.508 e. The molecule has 6 aromatic carbocycles.